The van der Waals surface area contributed by atoms with Gasteiger partial charge in [-0.05, 0) is 6.08 Å². The molecule has 1 aliphatic rings. The van der Waals surface area contributed by atoms with Crippen LogP contribution in [0.3, 0.4) is 0 Å². The van der Waals surface area contributed by atoms with Gasteiger partial charge in [-0.2, -0.15) is 0 Å². The van der Waals surface area contributed by atoms with Gasteiger partial charge in [0, 0.05) is 12.3 Å². The van der Waals surface area contributed by atoms with E-state index in [0.717, 1.165) is 0 Å². The fourth-order valence-electron chi connectivity index (χ4n) is 0.970. The molecule has 0 aromatic carbocycles. The number of aromatic nitrogens is 1. The van der Waals surface area contributed by atoms with Crippen LogP contribution in [0.4, 0.5) is 0 Å². The zero-order chi connectivity index (χ0) is 9.47. The van der Waals surface area contributed by atoms with E-state index in [0.29, 0.717) is 5.69 Å². The molecule has 2 rings (SSSR count). The van der Waals surface area contributed by atoms with Crippen LogP contribution in [0.2, 0.25) is 0 Å². The van der Waals surface area contributed by atoms with Crippen LogP contribution in [0.5, 0.6) is 11.5 Å². The summed E-state index contributed by atoms with van der Waals surface area (Å²) in [6.45, 7) is 3.46. The number of nitrogens with zero attached hydrogens (tertiary/aromatic N) is 1. The quantitative estimate of drug-likeness (QED) is 0.667. The minimum Gasteiger partial charge on any atom is -0.349 e. The molecular weight excluding hydrogens is 194 g/mol. The normalized spacial score (nSPS) is 16.9. The van der Waals surface area contributed by atoms with Crippen LogP contribution in [0.15, 0.2) is 18.8 Å². The second-order valence-corrected chi connectivity index (χ2v) is 3.45. The molecule has 0 spiro atoms. The number of pyridine rings is 1. The van der Waals surface area contributed by atoms with E-state index < -0.39 is 10.4 Å². The second-order valence-electron chi connectivity index (χ2n) is 2.30. The molecule has 1 aromatic heterocycles. The first-order valence-corrected chi connectivity index (χ1v) is 4.71. The Hall–Kier alpha value is -1.56. The van der Waals surface area contributed by atoms with Crippen molar-refractivity contribution in [3.05, 3.63) is 24.5 Å². The van der Waals surface area contributed by atoms with Crippen molar-refractivity contribution in [2.45, 2.75) is 0 Å². The molecule has 0 unspecified atom stereocenters. The van der Waals surface area contributed by atoms with Crippen molar-refractivity contribution in [3.63, 3.8) is 0 Å². The second kappa shape index (κ2) is 2.46. The first-order chi connectivity index (χ1) is 6.12. The predicted molar refractivity (Wildman–Crippen MR) is 44.5 cm³/mol. The Kier molecular flexibility index (Phi) is 1.53. The Morgan fingerprint density at radius 1 is 1.46 bits per heavy atom. The maximum Gasteiger partial charge on any atom is 0.501 e. The third-order valence-corrected chi connectivity index (χ3v) is 2.22. The number of hydrogen-bond donors (Lipinski definition) is 0. The highest BCUT2D eigenvalue weighted by Gasteiger charge is 2.30. The van der Waals surface area contributed by atoms with Crippen molar-refractivity contribution in [1.82, 2.24) is 4.98 Å². The van der Waals surface area contributed by atoms with Gasteiger partial charge in [-0.15, -0.1) is 8.42 Å². The molecule has 0 saturated carbocycles. The number of fused-ring (bicyclic) bond motifs is 1. The summed E-state index contributed by atoms with van der Waals surface area (Å²) >= 11 is 0. The van der Waals surface area contributed by atoms with Gasteiger partial charge in [-0.25, -0.2) is 0 Å². The fraction of sp³-hybridized carbons (Fsp3) is 0. The molecule has 5 nitrogen and oxygen atoms in total. The van der Waals surface area contributed by atoms with Gasteiger partial charge in [0.1, 0.15) is 5.69 Å². The van der Waals surface area contributed by atoms with Crippen LogP contribution in [-0.2, 0) is 10.4 Å². The Bertz CT molecular complexity index is 465. The lowest BCUT2D eigenvalue weighted by atomic mass is 10.3. The molecule has 0 fully saturated rings. The summed E-state index contributed by atoms with van der Waals surface area (Å²) < 4.78 is 30.7. The predicted octanol–water partition coefficient (Wildman–Crippen LogP) is 0.741. The highest BCUT2D eigenvalue weighted by Crippen LogP contribution is 2.37. The van der Waals surface area contributed by atoms with E-state index in [1.165, 1.54) is 18.3 Å². The summed E-state index contributed by atoms with van der Waals surface area (Å²) in [5.41, 5.74) is 0.346. The van der Waals surface area contributed by atoms with E-state index in [2.05, 4.69) is 19.9 Å². The first-order valence-electron chi connectivity index (χ1n) is 3.38. The van der Waals surface area contributed by atoms with Crippen LogP contribution in [-0.4, -0.2) is 13.4 Å². The summed E-state index contributed by atoms with van der Waals surface area (Å²) in [7, 11) is -3.93. The minimum atomic E-state index is -3.93. The molecule has 0 aliphatic carbocycles. The maximum atomic E-state index is 10.8. The van der Waals surface area contributed by atoms with Crippen molar-refractivity contribution in [2.24, 2.45) is 0 Å². The number of hydrogen-bond acceptors (Lipinski definition) is 5. The van der Waals surface area contributed by atoms with Gasteiger partial charge in [0.25, 0.3) is 0 Å². The van der Waals surface area contributed by atoms with E-state index in [4.69, 9.17) is 0 Å². The van der Waals surface area contributed by atoms with E-state index in [1.807, 2.05) is 0 Å². The van der Waals surface area contributed by atoms with Gasteiger partial charge in [0.05, 0.1) is 0 Å². The molecular formula is C7H5NO4S. The van der Waals surface area contributed by atoms with E-state index in [-0.39, 0.29) is 11.5 Å². The Morgan fingerprint density at radius 2 is 2.23 bits per heavy atom. The third kappa shape index (κ3) is 1.25. The molecule has 0 amide bonds. The Balaban J connectivity index is 2.63. The van der Waals surface area contributed by atoms with Gasteiger partial charge < -0.3 is 8.37 Å². The van der Waals surface area contributed by atoms with Crippen molar-refractivity contribution in [3.8, 4) is 11.5 Å². The molecule has 0 radical (unpaired) electrons. The fourth-order valence-corrected chi connectivity index (χ4v) is 1.73. The zero-order valence-electron chi connectivity index (χ0n) is 6.43. The smallest absolute Gasteiger partial charge is 0.349 e. The molecule has 1 aromatic rings. The van der Waals surface area contributed by atoms with Crippen LogP contribution in [0, 0.1) is 0 Å². The first kappa shape index (κ1) is 8.06. The standard InChI is InChI=1S/C7H5NO4S/c1-2-5-7-6(3-4-8-5)11-13(9,10)12-7/h2-4H,1H2. The summed E-state index contributed by atoms with van der Waals surface area (Å²) in [6.07, 6.45) is 2.81. The van der Waals surface area contributed by atoms with Gasteiger partial charge in [-0.3, -0.25) is 4.98 Å². The lowest BCUT2D eigenvalue weighted by molar-refractivity contribution is 0.436. The molecule has 68 valence electrons. The van der Waals surface area contributed by atoms with Crippen molar-refractivity contribution < 1.29 is 16.8 Å². The molecule has 0 saturated heterocycles. The summed E-state index contributed by atoms with van der Waals surface area (Å²) in [5, 5.41) is 0. The summed E-state index contributed by atoms with van der Waals surface area (Å²) in [4.78, 5) is 3.85. The zero-order valence-corrected chi connectivity index (χ0v) is 7.24. The Labute approximate surface area is 75.0 Å². The molecule has 0 N–H and O–H groups in total. The van der Waals surface area contributed by atoms with Gasteiger partial charge in [0.15, 0.2) is 5.75 Å². The highest BCUT2D eigenvalue weighted by molar-refractivity contribution is 7.82. The SMILES string of the molecule is C=Cc1nccc2c1OS(=O)(=O)O2. The average Bonchev–Trinajstić information content (AvgIpc) is 2.37. The maximum absolute atomic E-state index is 10.8. The highest BCUT2D eigenvalue weighted by atomic mass is 32.3. The topological polar surface area (TPSA) is 65.5 Å². The van der Waals surface area contributed by atoms with Gasteiger partial charge >= 0.3 is 10.4 Å². The minimum absolute atomic E-state index is 0.0949. The molecule has 0 atom stereocenters. The van der Waals surface area contributed by atoms with Crippen molar-refractivity contribution in [2.75, 3.05) is 0 Å². The van der Waals surface area contributed by atoms with Crippen LogP contribution in [0.25, 0.3) is 6.08 Å². The molecule has 6 heteroatoms. The van der Waals surface area contributed by atoms with Crippen molar-refractivity contribution in [1.29, 1.82) is 0 Å². The lowest BCUT2D eigenvalue weighted by Crippen LogP contribution is -2.08. The largest absolute Gasteiger partial charge is 0.501 e. The Morgan fingerprint density at radius 3 is 2.92 bits per heavy atom. The monoisotopic (exact) mass is 199 g/mol. The molecule has 0 bridgehead atoms. The summed E-state index contributed by atoms with van der Waals surface area (Å²) in [6, 6.07) is 1.41. The van der Waals surface area contributed by atoms with Gasteiger partial charge in [0.2, 0.25) is 5.75 Å². The van der Waals surface area contributed by atoms with Gasteiger partial charge in [-0.1, -0.05) is 6.58 Å². The van der Waals surface area contributed by atoms with Crippen LogP contribution < -0.4 is 8.37 Å². The third-order valence-electron chi connectivity index (χ3n) is 1.47. The van der Waals surface area contributed by atoms with E-state index in [9.17, 15) is 8.42 Å². The van der Waals surface area contributed by atoms with E-state index in [1.54, 1.807) is 0 Å². The van der Waals surface area contributed by atoms with E-state index >= 15 is 0 Å². The van der Waals surface area contributed by atoms with Crippen molar-refractivity contribution >= 4 is 16.5 Å². The average molecular weight is 199 g/mol. The molecule has 1 aliphatic heterocycles. The van der Waals surface area contributed by atoms with Crippen LogP contribution in [0.1, 0.15) is 5.69 Å². The lowest BCUT2D eigenvalue weighted by Gasteiger charge is -1.94. The molecule has 2 heterocycles. The summed E-state index contributed by atoms with van der Waals surface area (Å²) in [5.74, 6) is 0.238. The molecule has 13 heavy (non-hydrogen) atoms. The number of rotatable bonds is 1. The van der Waals surface area contributed by atoms with Crippen LogP contribution >= 0.6 is 0 Å².